The molecule has 64 heavy (non-hydrogen) atoms. The zero-order valence-electron chi connectivity index (χ0n) is 38.6. The number of nitrogens with one attached hydrogen (secondary N) is 2. The van der Waals surface area contributed by atoms with E-state index in [1.807, 2.05) is 13.8 Å². The number of aromatic nitrogens is 2. The second-order valence-corrected chi connectivity index (χ2v) is 23.3. The van der Waals surface area contributed by atoms with Gasteiger partial charge in [-0.2, -0.15) is 0 Å². The molecule has 2 bridgehead atoms. The van der Waals surface area contributed by atoms with Crippen molar-refractivity contribution in [2.75, 3.05) is 0 Å². The van der Waals surface area contributed by atoms with Gasteiger partial charge in [0.25, 0.3) is 0 Å². The van der Waals surface area contributed by atoms with Crippen molar-refractivity contribution in [1.29, 1.82) is 0 Å². The molecule has 338 valence electrons. The Hall–Kier alpha value is -3.90. The van der Waals surface area contributed by atoms with E-state index >= 15 is 0 Å². The van der Waals surface area contributed by atoms with Gasteiger partial charge in [-0.25, -0.2) is 0 Å². The van der Waals surface area contributed by atoms with Gasteiger partial charge in [-0.1, -0.05) is 64.1 Å². The number of carbonyl (C=O) groups is 2. The first kappa shape index (κ1) is 41.5. The van der Waals surface area contributed by atoms with Crippen LogP contribution in [-0.2, 0) is 47.5 Å². The summed E-state index contributed by atoms with van der Waals surface area (Å²) in [5, 5.41) is 38.0. The van der Waals surface area contributed by atoms with E-state index < -0.39 is 51.2 Å². The highest BCUT2D eigenvalue weighted by Crippen LogP contribution is 2.73. The third kappa shape index (κ3) is 4.73. The quantitative estimate of drug-likeness (QED) is 0.128. The molecule has 10 nitrogen and oxygen atoms in total. The van der Waals surface area contributed by atoms with Gasteiger partial charge in [-0.05, 0) is 138 Å². The van der Waals surface area contributed by atoms with Crippen molar-refractivity contribution in [2.45, 2.75) is 177 Å². The van der Waals surface area contributed by atoms with E-state index in [1.165, 1.54) is 38.8 Å². The number of aromatic amines is 2. The van der Waals surface area contributed by atoms with Gasteiger partial charge in [0.15, 0.2) is 23.5 Å². The number of rotatable bonds is 1. The van der Waals surface area contributed by atoms with Crippen LogP contribution in [0.4, 0.5) is 0 Å². The van der Waals surface area contributed by atoms with E-state index in [0.717, 1.165) is 56.0 Å². The van der Waals surface area contributed by atoms with E-state index in [0.29, 0.717) is 36.7 Å². The van der Waals surface area contributed by atoms with Crippen molar-refractivity contribution in [3.05, 3.63) is 94.3 Å². The largest absolute Gasteiger partial charge is 0.387 e. The van der Waals surface area contributed by atoms with Crippen LogP contribution in [0.2, 0.25) is 0 Å². The third-order valence-corrected chi connectivity index (χ3v) is 20.0. The standard InChI is InChI=1S/C27H31NO4.C27H33NO4/c1-23(2)22-19(29)14-20-26(30)10-9-15-13-17-16-7-5-6-8-18(16)28-21(17)25(15,4)24(26,3)11-12-27(20,31-22)32-23;1-24(2,30)23-20(29)14-18-21(32-23)10-11-25(3)26(4)15(9-12-27(18,25)31)13-17-16-7-5-6-8-19(16)28-22(17)26/h5-8,14-15,22,28,30H,9-13H2,1-4H3;5-8,14-15,21,23,28,30-31H,9-13H2,1-4H3/t15?,22-,24+,25+,26+,27-;15-,21-,23-,25+,26+,27+/m00/s1. The van der Waals surface area contributed by atoms with Gasteiger partial charge in [0.2, 0.25) is 0 Å². The summed E-state index contributed by atoms with van der Waals surface area (Å²) in [6.07, 6.45) is 9.61. The monoisotopic (exact) mass is 868 g/mol. The molecule has 0 radical (unpaired) electrons. The van der Waals surface area contributed by atoms with E-state index in [-0.39, 0.29) is 28.5 Å². The number of benzene rings is 2. The molecule has 2 aromatic carbocycles. The predicted octanol–water partition coefficient (Wildman–Crippen LogP) is 8.28. The van der Waals surface area contributed by atoms with Crippen LogP contribution in [0.25, 0.3) is 21.8 Å². The SMILES string of the molecule is CC(C)(O)[C@H]1O[C@H]2CC[C@@]3(C)[C@@](O)(CC[C@H]4Cc5c([nH]c6ccccc56)[C@@]43C)C2=CC1=O.CC1(C)O[C@@]23CC[C@@]4(C)[C@@](O)(CCC5Cc6c([nH]c7ccccc67)[C@@]54C)C2=CC(=O)[C@@H]1O3. The number of ketones is 2. The molecule has 2 aromatic heterocycles. The molecule has 4 saturated carbocycles. The molecule has 1 saturated heterocycles. The molecule has 1 unspecified atom stereocenters. The van der Waals surface area contributed by atoms with Gasteiger partial charge in [0.05, 0.1) is 22.9 Å². The van der Waals surface area contributed by atoms with Gasteiger partial charge < -0.3 is 39.5 Å². The molecule has 13 rings (SSSR count). The van der Waals surface area contributed by atoms with Crippen LogP contribution in [0, 0.1) is 22.7 Å². The Morgan fingerprint density at radius 3 is 1.80 bits per heavy atom. The molecule has 5 heterocycles. The number of aliphatic hydroxyl groups is 3. The molecular weight excluding hydrogens is 805 g/mol. The van der Waals surface area contributed by atoms with Crippen molar-refractivity contribution in [1.82, 2.24) is 9.97 Å². The van der Waals surface area contributed by atoms with E-state index in [4.69, 9.17) is 14.2 Å². The van der Waals surface area contributed by atoms with Crippen LogP contribution < -0.4 is 0 Å². The molecule has 9 aliphatic rings. The first-order chi connectivity index (χ1) is 30.1. The first-order valence-electron chi connectivity index (χ1n) is 24.0. The number of hydrogen-bond donors (Lipinski definition) is 5. The Morgan fingerprint density at radius 1 is 0.672 bits per heavy atom. The molecule has 12 atom stereocenters. The predicted molar refractivity (Wildman–Crippen MR) is 243 cm³/mol. The second-order valence-electron chi connectivity index (χ2n) is 23.3. The summed E-state index contributed by atoms with van der Waals surface area (Å²) in [4.78, 5) is 33.5. The molecule has 4 aromatic rings. The fourth-order valence-electron chi connectivity index (χ4n) is 16.2. The lowest BCUT2D eigenvalue weighted by molar-refractivity contribution is -0.247. The second kappa shape index (κ2) is 12.5. The van der Waals surface area contributed by atoms with Crippen LogP contribution in [0.3, 0.4) is 0 Å². The number of H-pyrrole nitrogens is 2. The number of fused-ring (bicyclic) bond motifs is 18. The highest BCUT2D eigenvalue weighted by atomic mass is 16.8. The summed E-state index contributed by atoms with van der Waals surface area (Å²) >= 11 is 0. The fraction of sp³-hybridized carbons (Fsp3) is 0.593. The summed E-state index contributed by atoms with van der Waals surface area (Å²) in [6, 6.07) is 17.0. The van der Waals surface area contributed by atoms with Crippen molar-refractivity contribution >= 4 is 33.4 Å². The number of ether oxygens (including phenoxy) is 3. The zero-order chi connectivity index (χ0) is 45.0. The lowest BCUT2D eigenvalue weighted by atomic mass is 9.42. The number of para-hydroxylation sites is 2. The molecule has 10 heteroatoms. The molecule has 1 spiro atoms. The summed E-state index contributed by atoms with van der Waals surface area (Å²) in [6.45, 7) is 16.2. The maximum Gasteiger partial charge on any atom is 0.195 e. The van der Waals surface area contributed by atoms with Crippen molar-refractivity contribution in [2.24, 2.45) is 22.7 Å². The number of carbonyl (C=O) groups excluding carboxylic acids is 2. The van der Waals surface area contributed by atoms with Crippen molar-refractivity contribution in [3.8, 4) is 0 Å². The smallest absolute Gasteiger partial charge is 0.195 e. The summed E-state index contributed by atoms with van der Waals surface area (Å²) in [7, 11) is 0. The van der Waals surface area contributed by atoms with Crippen LogP contribution in [-0.4, -0.2) is 83.4 Å². The first-order valence-corrected chi connectivity index (χ1v) is 24.0. The lowest BCUT2D eigenvalue weighted by Crippen LogP contribution is -2.69. The van der Waals surface area contributed by atoms with Crippen LogP contribution in [0.1, 0.15) is 129 Å². The average molecular weight is 869 g/mol. The fourth-order valence-corrected chi connectivity index (χ4v) is 16.2. The van der Waals surface area contributed by atoms with E-state index in [1.54, 1.807) is 26.0 Å². The zero-order valence-corrected chi connectivity index (χ0v) is 38.6. The van der Waals surface area contributed by atoms with Gasteiger partial charge in [0, 0.05) is 66.8 Å². The molecule has 6 aliphatic carbocycles. The minimum Gasteiger partial charge on any atom is -0.387 e. The Kier molecular flexibility index (Phi) is 8.14. The van der Waals surface area contributed by atoms with Crippen molar-refractivity contribution in [3.63, 3.8) is 0 Å². The van der Waals surface area contributed by atoms with Crippen LogP contribution in [0.5, 0.6) is 0 Å². The van der Waals surface area contributed by atoms with Gasteiger partial charge in [-0.3, -0.25) is 9.59 Å². The van der Waals surface area contributed by atoms with E-state index in [9.17, 15) is 24.9 Å². The molecule has 3 aliphatic heterocycles. The van der Waals surface area contributed by atoms with Gasteiger partial charge in [-0.15, -0.1) is 0 Å². The summed E-state index contributed by atoms with van der Waals surface area (Å²) in [5.74, 6) is -0.393. The maximum atomic E-state index is 13.1. The molecule has 0 amide bonds. The minimum atomic E-state index is -1.25. The number of hydrogen-bond acceptors (Lipinski definition) is 8. The highest BCUT2D eigenvalue weighted by molar-refractivity contribution is 5.98. The maximum absolute atomic E-state index is 13.1. The van der Waals surface area contributed by atoms with Crippen LogP contribution >= 0.6 is 0 Å². The molecule has 5 N–H and O–H groups in total. The minimum absolute atomic E-state index is 0.0826. The van der Waals surface area contributed by atoms with Crippen molar-refractivity contribution < 1.29 is 39.1 Å². The van der Waals surface area contributed by atoms with Crippen LogP contribution in [0.15, 0.2) is 71.8 Å². The lowest BCUT2D eigenvalue weighted by Gasteiger charge is -2.65. The molecule has 5 fully saturated rings. The van der Waals surface area contributed by atoms with Gasteiger partial charge in [0.1, 0.15) is 11.7 Å². The summed E-state index contributed by atoms with van der Waals surface area (Å²) < 4.78 is 19.0. The normalized spacial score (nSPS) is 43.4. The summed E-state index contributed by atoms with van der Waals surface area (Å²) in [5.41, 5.74) is 3.50. The highest BCUT2D eigenvalue weighted by Gasteiger charge is 2.75. The Morgan fingerprint density at radius 2 is 1.22 bits per heavy atom. The van der Waals surface area contributed by atoms with E-state index in [2.05, 4.69) is 86.2 Å². The third-order valence-electron chi connectivity index (χ3n) is 20.0. The average Bonchev–Trinajstić information content (AvgIpc) is 4.01. The molecular formula is C54H64N2O8. The Bertz CT molecular complexity index is 2780. The Balaban J connectivity index is 0.000000135. The Labute approximate surface area is 375 Å². The topological polar surface area (TPSA) is 154 Å². The van der Waals surface area contributed by atoms with Gasteiger partial charge >= 0.3 is 0 Å².